The SMILES string of the molecule is O=C(c1ccc(Oc2ccc(C3CCOCCOCC3)cc2CO)cc1)N1CCN(Cc2ccccc2)CC1. The lowest BCUT2D eigenvalue weighted by Gasteiger charge is -2.34. The number of hydrogen-bond donors (Lipinski definition) is 1. The maximum absolute atomic E-state index is 13.1. The van der Waals surface area contributed by atoms with Crippen LogP contribution in [-0.4, -0.2) is 73.4 Å². The van der Waals surface area contributed by atoms with Gasteiger partial charge in [0.05, 0.1) is 19.8 Å². The van der Waals surface area contributed by atoms with E-state index in [-0.39, 0.29) is 12.5 Å². The van der Waals surface area contributed by atoms with Crippen LogP contribution in [-0.2, 0) is 22.6 Å². The molecule has 39 heavy (non-hydrogen) atoms. The van der Waals surface area contributed by atoms with Gasteiger partial charge in [-0.2, -0.15) is 0 Å². The van der Waals surface area contributed by atoms with E-state index in [0.29, 0.717) is 49.4 Å². The molecule has 7 nitrogen and oxygen atoms in total. The van der Waals surface area contributed by atoms with E-state index in [0.717, 1.165) is 56.7 Å². The summed E-state index contributed by atoms with van der Waals surface area (Å²) in [5, 5.41) is 10.0. The van der Waals surface area contributed by atoms with Crippen molar-refractivity contribution >= 4 is 5.91 Å². The third-order valence-corrected chi connectivity index (χ3v) is 7.56. The Balaban J connectivity index is 1.17. The molecule has 3 aromatic carbocycles. The average Bonchev–Trinajstić information content (AvgIpc) is 3.13. The molecule has 7 heteroatoms. The maximum atomic E-state index is 13.1. The van der Waals surface area contributed by atoms with Crippen molar-refractivity contribution in [2.75, 3.05) is 52.6 Å². The molecule has 0 aromatic heterocycles. The molecule has 206 valence electrons. The summed E-state index contributed by atoms with van der Waals surface area (Å²) < 4.78 is 17.4. The Hall–Kier alpha value is -3.23. The first-order valence-electron chi connectivity index (χ1n) is 13.9. The lowest BCUT2D eigenvalue weighted by molar-refractivity contribution is 0.0584. The Kier molecular flexibility index (Phi) is 9.61. The number of carbonyl (C=O) groups is 1. The summed E-state index contributed by atoms with van der Waals surface area (Å²) in [4.78, 5) is 17.4. The topological polar surface area (TPSA) is 71.5 Å². The fourth-order valence-electron chi connectivity index (χ4n) is 5.25. The van der Waals surface area contributed by atoms with E-state index in [9.17, 15) is 9.90 Å². The van der Waals surface area contributed by atoms with Gasteiger partial charge < -0.3 is 24.2 Å². The fraction of sp³-hybridized carbons (Fsp3) is 0.406. The molecule has 2 saturated heterocycles. The summed E-state index contributed by atoms with van der Waals surface area (Å²) in [5.74, 6) is 1.61. The van der Waals surface area contributed by atoms with Crippen LogP contribution < -0.4 is 4.74 Å². The molecule has 1 N–H and O–H groups in total. The van der Waals surface area contributed by atoms with Crippen molar-refractivity contribution in [1.82, 2.24) is 9.80 Å². The first-order valence-corrected chi connectivity index (χ1v) is 13.9. The van der Waals surface area contributed by atoms with E-state index in [1.165, 1.54) is 5.56 Å². The Morgan fingerprint density at radius 1 is 0.846 bits per heavy atom. The lowest BCUT2D eigenvalue weighted by atomic mass is 9.91. The normalized spacial score (nSPS) is 17.7. The van der Waals surface area contributed by atoms with Crippen LogP contribution in [0.5, 0.6) is 11.5 Å². The quantitative estimate of drug-likeness (QED) is 0.472. The second kappa shape index (κ2) is 13.7. The van der Waals surface area contributed by atoms with Gasteiger partial charge in [0.1, 0.15) is 11.5 Å². The van der Waals surface area contributed by atoms with Crippen molar-refractivity contribution in [1.29, 1.82) is 0 Å². The van der Waals surface area contributed by atoms with Crippen LogP contribution in [0.15, 0.2) is 72.8 Å². The van der Waals surface area contributed by atoms with Crippen molar-refractivity contribution < 1.29 is 24.1 Å². The zero-order chi connectivity index (χ0) is 26.9. The summed E-state index contributed by atoms with van der Waals surface area (Å²) in [6, 6.07) is 23.7. The number of amides is 1. The molecular weight excluding hydrogens is 492 g/mol. The summed E-state index contributed by atoms with van der Waals surface area (Å²) >= 11 is 0. The molecule has 0 unspecified atom stereocenters. The van der Waals surface area contributed by atoms with E-state index in [4.69, 9.17) is 14.2 Å². The monoisotopic (exact) mass is 530 g/mol. The zero-order valence-corrected chi connectivity index (χ0v) is 22.5. The van der Waals surface area contributed by atoms with Gasteiger partial charge in [0.25, 0.3) is 5.91 Å². The molecule has 0 aliphatic carbocycles. The summed E-state index contributed by atoms with van der Waals surface area (Å²) in [7, 11) is 0. The second-order valence-electron chi connectivity index (χ2n) is 10.2. The standard InChI is InChI=1S/C32H38N2O5/c35-24-29-22-28(26-12-18-37-20-21-38-19-13-26)8-11-31(29)39-30-9-6-27(7-10-30)32(36)34-16-14-33(15-17-34)23-25-4-2-1-3-5-25/h1-11,22,26,35H,12-21,23-24H2. The molecule has 2 aliphatic rings. The predicted octanol–water partition coefficient (Wildman–Crippen LogP) is 4.84. The van der Waals surface area contributed by atoms with Crippen molar-refractivity contribution in [2.24, 2.45) is 0 Å². The Morgan fingerprint density at radius 2 is 1.54 bits per heavy atom. The van der Waals surface area contributed by atoms with Crippen molar-refractivity contribution in [2.45, 2.75) is 31.9 Å². The van der Waals surface area contributed by atoms with E-state index in [1.54, 1.807) is 0 Å². The van der Waals surface area contributed by atoms with Gasteiger partial charge in [0.15, 0.2) is 0 Å². The van der Waals surface area contributed by atoms with E-state index >= 15 is 0 Å². The number of nitrogens with zero attached hydrogens (tertiary/aromatic N) is 2. The van der Waals surface area contributed by atoms with Gasteiger partial charge in [-0.3, -0.25) is 9.69 Å². The number of aliphatic hydroxyl groups excluding tert-OH is 1. The molecule has 1 amide bonds. The molecule has 5 rings (SSSR count). The predicted molar refractivity (Wildman–Crippen MR) is 150 cm³/mol. The van der Waals surface area contributed by atoms with E-state index in [2.05, 4.69) is 35.2 Å². The molecule has 0 atom stereocenters. The maximum Gasteiger partial charge on any atom is 0.253 e. The first kappa shape index (κ1) is 27.3. The lowest BCUT2D eigenvalue weighted by Crippen LogP contribution is -2.48. The number of rotatable bonds is 7. The molecule has 2 heterocycles. The number of ether oxygens (including phenoxy) is 3. The highest BCUT2D eigenvalue weighted by atomic mass is 16.5. The molecule has 3 aromatic rings. The van der Waals surface area contributed by atoms with Gasteiger partial charge in [0.2, 0.25) is 0 Å². The Bertz CT molecular complexity index is 1180. The molecular formula is C32H38N2O5. The van der Waals surface area contributed by atoms with Crippen LogP contribution in [0.4, 0.5) is 0 Å². The van der Waals surface area contributed by atoms with E-state index in [1.807, 2.05) is 47.4 Å². The summed E-state index contributed by atoms with van der Waals surface area (Å²) in [5.41, 5.74) is 3.85. The Morgan fingerprint density at radius 3 is 2.21 bits per heavy atom. The van der Waals surface area contributed by atoms with Gasteiger partial charge >= 0.3 is 0 Å². The minimum absolute atomic E-state index is 0.0456. The van der Waals surface area contributed by atoms with Gasteiger partial charge in [-0.15, -0.1) is 0 Å². The number of carbonyl (C=O) groups excluding carboxylic acids is 1. The van der Waals surface area contributed by atoms with Crippen molar-refractivity contribution in [3.05, 3.63) is 95.1 Å². The van der Waals surface area contributed by atoms with Crippen LogP contribution in [0.2, 0.25) is 0 Å². The highest BCUT2D eigenvalue weighted by Gasteiger charge is 2.22. The van der Waals surface area contributed by atoms with Gasteiger partial charge in [0, 0.05) is 57.1 Å². The fourth-order valence-corrected chi connectivity index (χ4v) is 5.25. The van der Waals surface area contributed by atoms with Crippen LogP contribution in [0.1, 0.15) is 45.8 Å². The van der Waals surface area contributed by atoms with Crippen molar-refractivity contribution in [3.8, 4) is 11.5 Å². The summed E-state index contributed by atoms with van der Waals surface area (Å²) in [6.07, 6.45) is 1.85. The largest absolute Gasteiger partial charge is 0.457 e. The molecule has 0 radical (unpaired) electrons. The highest BCUT2D eigenvalue weighted by molar-refractivity contribution is 5.94. The van der Waals surface area contributed by atoms with Crippen LogP contribution in [0, 0.1) is 0 Å². The van der Waals surface area contributed by atoms with Crippen LogP contribution >= 0.6 is 0 Å². The highest BCUT2D eigenvalue weighted by Crippen LogP contribution is 2.32. The Labute approximate surface area is 230 Å². The minimum Gasteiger partial charge on any atom is -0.457 e. The van der Waals surface area contributed by atoms with Gasteiger partial charge in [-0.25, -0.2) is 0 Å². The van der Waals surface area contributed by atoms with Gasteiger partial charge in [-0.05, 0) is 66.3 Å². The molecule has 0 spiro atoms. The van der Waals surface area contributed by atoms with Gasteiger partial charge in [-0.1, -0.05) is 36.4 Å². The number of piperazine rings is 1. The number of benzene rings is 3. The zero-order valence-electron chi connectivity index (χ0n) is 22.5. The smallest absolute Gasteiger partial charge is 0.253 e. The third kappa shape index (κ3) is 7.46. The third-order valence-electron chi connectivity index (χ3n) is 7.56. The van der Waals surface area contributed by atoms with Crippen molar-refractivity contribution in [3.63, 3.8) is 0 Å². The van der Waals surface area contributed by atoms with Crippen LogP contribution in [0.3, 0.4) is 0 Å². The van der Waals surface area contributed by atoms with Crippen LogP contribution in [0.25, 0.3) is 0 Å². The molecule has 2 aliphatic heterocycles. The number of aliphatic hydroxyl groups is 1. The van der Waals surface area contributed by atoms with E-state index < -0.39 is 0 Å². The molecule has 0 saturated carbocycles. The molecule has 2 fully saturated rings. The molecule has 0 bridgehead atoms. The number of hydrogen-bond acceptors (Lipinski definition) is 6. The second-order valence-corrected chi connectivity index (χ2v) is 10.2. The minimum atomic E-state index is -0.115. The summed E-state index contributed by atoms with van der Waals surface area (Å²) in [6.45, 7) is 6.64. The average molecular weight is 531 g/mol. The first-order chi connectivity index (χ1) is 19.2.